The molecule has 0 saturated carbocycles. The highest BCUT2D eigenvalue weighted by atomic mass is 35.5. The van der Waals surface area contributed by atoms with Gasteiger partial charge in [0.25, 0.3) is 0 Å². The molecule has 0 aromatic carbocycles. The van der Waals surface area contributed by atoms with E-state index >= 15 is 0 Å². The van der Waals surface area contributed by atoms with Crippen molar-refractivity contribution in [3.8, 4) is 0 Å². The lowest BCUT2D eigenvalue weighted by atomic mass is 10.2. The van der Waals surface area contributed by atoms with E-state index < -0.39 is 0 Å². The van der Waals surface area contributed by atoms with Crippen molar-refractivity contribution in [1.29, 1.82) is 0 Å². The second kappa shape index (κ2) is 4.72. The molecule has 0 spiro atoms. The Morgan fingerprint density at radius 2 is 2.36 bits per heavy atom. The largest absolute Gasteiger partial charge is 0.380 e. The number of methoxy groups -OCH3 is 1. The van der Waals surface area contributed by atoms with E-state index in [1.54, 1.807) is 7.11 Å². The van der Waals surface area contributed by atoms with Crippen LogP contribution in [0, 0.1) is 6.92 Å². The molecule has 1 aliphatic rings. The van der Waals surface area contributed by atoms with Gasteiger partial charge >= 0.3 is 0 Å². The molecule has 2 heterocycles. The van der Waals surface area contributed by atoms with Crippen LogP contribution in [-0.2, 0) is 4.74 Å². The van der Waals surface area contributed by atoms with Gasteiger partial charge in [-0.05, 0) is 13.3 Å². The summed E-state index contributed by atoms with van der Waals surface area (Å²) in [6.07, 6.45) is 1.16. The number of nitrogens with zero attached hydrogens (tertiary/aromatic N) is 2. The normalized spacial score (nSPS) is 26.1. The fraction of sp³-hybridized carbons (Fsp3) is 0.750. The number of aromatic nitrogens is 2. The van der Waals surface area contributed by atoms with Crippen LogP contribution in [0.15, 0.2) is 4.52 Å². The number of ether oxygens (including phenoxy) is 1. The first-order valence-corrected chi connectivity index (χ1v) is 4.36. The van der Waals surface area contributed by atoms with E-state index in [0.717, 1.165) is 13.0 Å². The van der Waals surface area contributed by atoms with Gasteiger partial charge in [0.1, 0.15) is 0 Å². The van der Waals surface area contributed by atoms with Crippen molar-refractivity contribution < 1.29 is 9.26 Å². The second-order valence-electron chi connectivity index (χ2n) is 3.23. The number of rotatable bonds is 2. The van der Waals surface area contributed by atoms with Crippen molar-refractivity contribution in [2.75, 3.05) is 13.7 Å². The van der Waals surface area contributed by atoms with E-state index in [-0.39, 0.29) is 24.6 Å². The first-order chi connectivity index (χ1) is 6.29. The van der Waals surface area contributed by atoms with Crippen molar-refractivity contribution >= 4 is 12.4 Å². The number of hydrogen-bond donors (Lipinski definition) is 1. The summed E-state index contributed by atoms with van der Waals surface area (Å²) in [4.78, 5) is 4.17. The van der Waals surface area contributed by atoms with Gasteiger partial charge in [-0.15, -0.1) is 12.4 Å². The van der Waals surface area contributed by atoms with E-state index in [1.807, 2.05) is 6.92 Å². The molecule has 5 nitrogen and oxygen atoms in total. The molecule has 0 aliphatic carbocycles. The second-order valence-corrected chi connectivity index (χ2v) is 3.23. The Kier molecular flexibility index (Phi) is 3.86. The highest BCUT2D eigenvalue weighted by Crippen LogP contribution is 2.22. The molecule has 6 heteroatoms. The maximum atomic E-state index is 5.22. The molecule has 1 fully saturated rings. The van der Waals surface area contributed by atoms with Gasteiger partial charge in [-0.25, -0.2) is 0 Å². The standard InChI is InChI=1S/C8H13N3O2.ClH/c1-5-10-8(13-11-5)7-3-6(12-2)4-9-7;/h6-7,9H,3-4H2,1-2H3;1H/t6-,7-;/m1./s1. The molecule has 0 bridgehead atoms. The lowest BCUT2D eigenvalue weighted by Gasteiger charge is -2.03. The lowest BCUT2D eigenvalue weighted by molar-refractivity contribution is 0.116. The molecule has 1 N–H and O–H groups in total. The zero-order valence-corrected chi connectivity index (χ0v) is 9.00. The third-order valence-electron chi connectivity index (χ3n) is 2.27. The first kappa shape index (κ1) is 11.4. The van der Waals surface area contributed by atoms with Gasteiger partial charge in [0.15, 0.2) is 5.82 Å². The van der Waals surface area contributed by atoms with Crippen LogP contribution in [0.2, 0.25) is 0 Å². The van der Waals surface area contributed by atoms with Crippen LogP contribution >= 0.6 is 12.4 Å². The van der Waals surface area contributed by atoms with Crippen LogP contribution in [0.5, 0.6) is 0 Å². The van der Waals surface area contributed by atoms with E-state index in [0.29, 0.717) is 11.7 Å². The van der Waals surface area contributed by atoms with E-state index in [9.17, 15) is 0 Å². The van der Waals surface area contributed by atoms with Gasteiger partial charge in [-0.2, -0.15) is 4.98 Å². The van der Waals surface area contributed by atoms with Crippen LogP contribution in [0.1, 0.15) is 24.2 Å². The summed E-state index contributed by atoms with van der Waals surface area (Å²) in [5, 5.41) is 7.01. The average Bonchev–Trinajstić information content (AvgIpc) is 2.71. The van der Waals surface area contributed by atoms with Crippen LogP contribution in [0.25, 0.3) is 0 Å². The van der Waals surface area contributed by atoms with Crippen molar-refractivity contribution in [1.82, 2.24) is 15.5 Å². The molecule has 1 saturated heterocycles. The summed E-state index contributed by atoms with van der Waals surface area (Å²) < 4.78 is 10.3. The summed E-state index contributed by atoms with van der Waals surface area (Å²) in [6.45, 7) is 2.67. The maximum absolute atomic E-state index is 5.22. The smallest absolute Gasteiger partial charge is 0.243 e. The van der Waals surface area contributed by atoms with Crippen LogP contribution in [0.3, 0.4) is 0 Å². The highest BCUT2D eigenvalue weighted by Gasteiger charge is 2.28. The molecular weight excluding hydrogens is 206 g/mol. The summed E-state index contributed by atoms with van der Waals surface area (Å²) >= 11 is 0. The molecule has 2 atom stereocenters. The molecule has 1 aromatic heterocycles. The zero-order valence-electron chi connectivity index (χ0n) is 8.19. The van der Waals surface area contributed by atoms with E-state index in [1.165, 1.54) is 0 Å². The molecule has 0 unspecified atom stereocenters. The lowest BCUT2D eigenvalue weighted by Crippen LogP contribution is -2.16. The Bertz CT molecular complexity index is 292. The number of aryl methyl sites for hydroxylation is 1. The Labute approximate surface area is 88.6 Å². The molecule has 0 amide bonds. The van der Waals surface area contributed by atoms with Crippen molar-refractivity contribution in [3.63, 3.8) is 0 Å². The van der Waals surface area contributed by atoms with Gasteiger partial charge in [0.2, 0.25) is 5.89 Å². The topological polar surface area (TPSA) is 60.2 Å². The quantitative estimate of drug-likeness (QED) is 0.799. The SMILES string of the molecule is CO[C@H]1CN[C@@H](c2nc(C)no2)C1.Cl. The highest BCUT2D eigenvalue weighted by molar-refractivity contribution is 5.85. The summed E-state index contributed by atoms with van der Waals surface area (Å²) in [6, 6.07) is 0.158. The van der Waals surface area contributed by atoms with Gasteiger partial charge in [0, 0.05) is 13.7 Å². The maximum Gasteiger partial charge on any atom is 0.243 e. The molecule has 0 radical (unpaired) electrons. The van der Waals surface area contributed by atoms with Gasteiger partial charge in [0.05, 0.1) is 12.1 Å². The van der Waals surface area contributed by atoms with Gasteiger partial charge in [-0.1, -0.05) is 5.16 Å². The van der Waals surface area contributed by atoms with Crippen LogP contribution < -0.4 is 5.32 Å². The summed E-state index contributed by atoms with van der Waals surface area (Å²) in [5.74, 6) is 1.34. The van der Waals surface area contributed by atoms with Gasteiger partial charge < -0.3 is 14.6 Å². The number of hydrogen-bond acceptors (Lipinski definition) is 5. The summed E-state index contributed by atoms with van der Waals surface area (Å²) in [5.41, 5.74) is 0. The molecule has 1 aliphatic heterocycles. The van der Waals surface area contributed by atoms with Crippen LogP contribution in [-0.4, -0.2) is 29.9 Å². The summed E-state index contributed by atoms with van der Waals surface area (Å²) in [7, 11) is 1.72. The number of nitrogens with one attached hydrogen (secondary N) is 1. The first-order valence-electron chi connectivity index (χ1n) is 4.36. The van der Waals surface area contributed by atoms with E-state index in [2.05, 4.69) is 15.5 Å². The number of halogens is 1. The molecule has 2 rings (SSSR count). The predicted octanol–water partition coefficient (Wildman–Crippen LogP) is 0.849. The molecular formula is C8H14ClN3O2. The van der Waals surface area contributed by atoms with Crippen molar-refractivity contribution in [2.24, 2.45) is 0 Å². The monoisotopic (exact) mass is 219 g/mol. The van der Waals surface area contributed by atoms with Crippen molar-refractivity contribution in [3.05, 3.63) is 11.7 Å². The third-order valence-corrected chi connectivity index (χ3v) is 2.27. The Balaban J connectivity index is 0.000000980. The Morgan fingerprint density at radius 3 is 2.86 bits per heavy atom. The minimum absolute atomic E-state index is 0. The van der Waals surface area contributed by atoms with Crippen molar-refractivity contribution in [2.45, 2.75) is 25.5 Å². The average molecular weight is 220 g/mol. The molecule has 80 valence electrons. The Hall–Kier alpha value is -0.650. The minimum Gasteiger partial charge on any atom is -0.380 e. The fourth-order valence-electron chi connectivity index (χ4n) is 1.53. The fourth-order valence-corrected chi connectivity index (χ4v) is 1.53. The van der Waals surface area contributed by atoms with Gasteiger partial charge in [-0.3, -0.25) is 0 Å². The zero-order chi connectivity index (χ0) is 9.26. The Morgan fingerprint density at radius 1 is 1.57 bits per heavy atom. The predicted molar refractivity (Wildman–Crippen MR) is 52.4 cm³/mol. The molecule has 1 aromatic rings. The minimum atomic E-state index is 0. The third kappa shape index (κ3) is 2.23. The molecule has 14 heavy (non-hydrogen) atoms. The van der Waals surface area contributed by atoms with E-state index in [4.69, 9.17) is 9.26 Å². The van der Waals surface area contributed by atoms with Crippen LogP contribution in [0.4, 0.5) is 0 Å².